The molecule has 3 unspecified atom stereocenters. The zero-order chi connectivity index (χ0) is 13.5. The Kier molecular flexibility index (Phi) is 7.71. The average Bonchev–Trinajstić information content (AvgIpc) is 2.22. The lowest BCUT2D eigenvalue weighted by Gasteiger charge is -2.35. The lowest BCUT2D eigenvalue weighted by atomic mass is 9.74. The maximum atomic E-state index is 11.8. The minimum Gasteiger partial charge on any atom is -0.251 e. The van der Waals surface area contributed by atoms with Crippen LogP contribution in [-0.2, 0) is 0 Å². The van der Waals surface area contributed by atoms with Crippen LogP contribution in [0.15, 0.2) is 0 Å². The SMILES string of the molecule is CC(CF)CCCF.CC1CCC1C(F)(F)F. The van der Waals surface area contributed by atoms with Gasteiger partial charge in [0.15, 0.2) is 0 Å². The zero-order valence-corrected chi connectivity index (χ0v) is 10.4. The van der Waals surface area contributed by atoms with Crippen molar-refractivity contribution < 1.29 is 22.0 Å². The van der Waals surface area contributed by atoms with Crippen LogP contribution in [0.2, 0.25) is 0 Å². The second-order valence-corrected chi connectivity index (χ2v) is 4.79. The smallest absolute Gasteiger partial charge is 0.251 e. The molecule has 1 fully saturated rings. The van der Waals surface area contributed by atoms with Gasteiger partial charge in [0.2, 0.25) is 0 Å². The van der Waals surface area contributed by atoms with Crippen molar-refractivity contribution in [1.82, 2.24) is 0 Å². The fourth-order valence-electron chi connectivity index (χ4n) is 1.66. The third-order valence-electron chi connectivity index (χ3n) is 3.13. The van der Waals surface area contributed by atoms with E-state index in [1.807, 2.05) is 0 Å². The Morgan fingerprint density at radius 1 is 1.18 bits per heavy atom. The summed E-state index contributed by atoms with van der Waals surface area (Å²) in [4.78, 5) is 0. The molecule has 1 aliphatic carbocycles. The van der Waals surface area contributed by atoms with Gasteiger partial charge in [-0.1, -0.05) is 13.8 Å². The Morgan fingerprint density at radius 2 is 1.76 bits per heavy atom. The van der Waals surface area contributed by atoms with Gasteiger partial charge in [0.1, 0.15) is 0 Å². The molecule has 0 saturated heterocycles. The third kappa shape index (κ3) is 6.84. The largest absolute Gasteiger partial charge is 0.392 e. The average molecular weight is 260 g/mol. The molecule has 1 rings (SSSR count). The molecule has 104 valence electrons. The molecule has 1 saturated carbocycles. The molecule has 1 aliphatic rings. The van der Waals surface area contributed by atoms with Crippen molar-refractivity contribution in [2.24, 2.45) is 17.8 Å². The molecule has 0 aromatic heterocycles. The monoisotopic (exact) mass is 260 g/mol. The van der Waals surface area contributed by atoms with E-state index in [1.54, 1.807) is 13.8 Å². The van der Waals surface area contributed by atoms with Crippen molar-refractivity contribution in [3.63, 3.8) is 0 Å². The molecule has 0 aromatic rings. The van der Waals surface area contributed by atoms with Gasteiger partial charge in [-0.15, -0.1) is 0 Å². The molecular weight excluding hydrogens is 239 g/mol. The van der Waals surface area contributed by atoms with Gasteiger partial charge in [0.05, 0.1) is 19.3 Å². The van der Waals surface area contributed by atoms with Crippen LogP contribution in [0.1, 0.15) is 39.5 Å². The minimum absolute atomic E-state index is 0.0470. The summed E-state index contributed by atoms with van der Waals surface area (Å²) < 4.78 is 58.2. The molecule has 0 spiro atoms. The third-order valence-corrected chi connectivity index (χ3v) is 3.13. The van der Waals surface area contributed by atoms with Crippen molar-refractivity contribution in [2.75, 3.05) is 13.3 Å². The molecule has 0 nitrogen and oxygen atoms in total. The van der Waals surface area contributed by atoms with Gasteiger partial charge in [-0.3, -0.25) is 8.78 Å². The van der Waals surface area contributed by atoms with E-state index >= 15 is 0 Å². The van der Waals surface area contributed by atoms with Crippen LogP contribution in [0.3, 0.4) is 0 Å². The summed E-state index contributed by atoms with van der Waals surface area (Å²) in [6, 6.07) is 0. The van der Waals surface area contributed by atoms with Gasteiger partial charge in [-0.25, -0.2) is 0 Å². The number of hydrogen-bond acceptors (Lipinski definition) is 0. The summed E-state index contributed by atoms with van der Waals surface area (Å²) in [5.41, 5.74) is 0. The van der Waals surface area contributed by atoms with E-state index < -0.39 is 12.1 Å². The van der Waals surface area contributed by atoms with Crippen molar-refractivity contribution in [3.05, 3.63) is 0 Å². The van der Waals surface area contributed by atoms with Crippen molar-refractivity contribution in [3.8, 4) is 0 Å². The summed E-state index contributed by atoms with van der Waals surface area (Å²) in [5.74, 6) is -1.09. The molecule has 17 heavy (non-hydrogen) atoms. The molecule has 3 atom stereocenters. The van der Waals surface area contributed by atoms with Crippen molar-refractivity contribution in [2.45, 2.75) is 45.7 Å². The fraction of sp³-hybridized carbons (Fsp3) is 1.00. The lowest BCUT2D eigenvalue weighted by Crippen LogP contribution is -2.36. The van der Waals surface area contributed by atoms with Gasteiger partial charge >= 0.3 is 6.18 Å². The first-order valence-electron chi connectivity index (χ1n) is 6.01. The summed E-state index contributed by atoms with van der Waals surface area (Å²) in [7, 11) is 0. The summed E-state index contributed by atoms with van der Waals surface area (Å²) in [6.45, 7) is 2.81. The predicted octanol–water partition coefficient (Wildman–Crippen LogP) is 4.94. The molecule has 5 heteroatoms. The first kappa shape index (κ1) is 16.6. The highest BCUT2D eigenvalue weighted by molar-refractivity contribution is 4.82. The van der Waals surface area contributed by atoms with E-state index in [1.165, 1.54) is 0 Å². The second kappa shape index (κ2) is 7.88. The van der Waals surface area contributed by atoms with Gasteiger partial charge in [0, 0.05) is 0 Å². The first-order chi connectivity index (χ1) is 7.82. The van der Waals surface area contributed by atoms with Crippen LogP contribution < -0.4 is 0 Å². The molecule has 0 amide bonds. The normalized spacial score (nSPS) is 25.6. The summed E-state index contributed by atoms with van der Waals surface area (Å²) >= 11 is 0. The Hall–Kier alpha value is -0.350. The zero-order valence-electron chi connectivity index (χ0n) is 10.4. The highest BCUT2D eigenvalue weighted by Gasteiger charge is 2.47. The van der Waals surface area contributed by atoms with Crippen molar-refractivity contribution >= 4 is 0 Å². The highest BCUT2D eigenvalue weighted by Crippen LogP contribution is 2.44. The maximum Gasteiger partial charge on any atom is 0.392 e. The predicted molar refractivity (Wildman–Crippen MR) is 58.3 cm³/mol. The Bertz CT molecular complexity index is 190. The number of rotatable bonds is 4. The van der Waals surface area contributed by atoms with Crippen molar-refractivity contribution in [1.29, 1.82) is 0 Å². The Labute approximate surface area is 99.6 Å². The molecule has 0 radical (unpaired) electrons. The summed E-state index contributed by atoms with van der Waals surface area (Å²) in [6.07, 6.45) is -1.68. The Balaban J connectivity index is 0.000000304. The standard InChI is InChI=1S/C6H9F3.C6H12F2/c1-4-2-3-5(4)6(7,8)9;1-6(5-8)3-2-4-7/h4-5H,2-3H2,1H3;6H,2-5H2,1H3. The van der Waals surface area contributed by atoms with E-state index in [-0.39, 0.29) is 25.2 Å². The minimum atomic E-state index is -3.93. The highest BCUT2D eigenvalue weighted by atomic mass is 19.4. The van der Waals surface area contributed by atoms with Crippen LogP contribution in [0.5, 0.6) is 0 Å². The van der Waals surface area contributed by atoms with Gasteiger partial charge in [-0.2, -0.15) is 13.2 Å². The summed E-state index contributed by atoms with van der Waals surface area (Å²) in [5, 5.41) is 0. The van der Waals surface area contributed by atoms with E-state index in [9.17, 15) is 22.0 Å². The van der Waals surface area contributed by atoms with Gasteiger partial charge in [0.25, 0.3) is 0 Å². The van der Waals surface area contributed by atoms with Crippen LogP contribution in [0, 0.1) is 17.8 Å². The second-order valence-electron chi connectivity index (χ2n) is 4.79. The van der Waals surface area contributed by atoms with E-state index in [0.29, 0.717) is 19.3 Å². The number of halogens is 5. The van der Waals surface area contributed by atoms with Crippen LogP contribution in [0.25, 0.3) is 0 Å². The van der Waals surface area contributed by atoms with Gasteiger partial charge in [-0.05, 0) is 37.5 Å². The molecule has 0 bridgehead atoms. The Morgan fingerprint density at radius 3 is 1.94 bits per heavy atom. The van der Waals surface area contributed by atoms with Crippen LogP contribution in [0.4, 0.5) is 22.0 Å². The topological polar surface area (TPSA) is 0 Å². The first-order valence-corrected chi connectivity index (χ1v) is 6.01. The van der Waals surface area contributed by atoms with Crippen LogP contribution >= 0.6 is 0 Å². The number of alkyl halides is 5. The number of hydrogen-bond donors (Lipinski definition) is 0. The van der Waals surface area contributed by atoms with Gasteiger partial charge < -0.3 is 0 Å². The fourth-order valence-corrected chi connectivity index (χ4v) is 1.66. The molecule has 0 heterocycles. The quantitative estimate of drug-likeness (QED) is 0.628. The maximum absolute atomic E-state index is 11.8. The van der Waals surface area contributed by atoms with E-state index in [4.69, 9.17) is 0 Å². The molecular formula is C12H21F5. The van der Waals surface area contributed by atoms with E-state index in [2.05, 4.69) is 0 Å². The lowest BCUT2D eigenvalue weighted by molar-refractivity contribution is -0.210. The molecule has 0 aromatic carbocycles. The van der Waals surface area contributed by atoms with Crippen LogP contribution in [-0.4, -0.2) is 19.5 Å². The molecule has 0 N–H and O–H groups in total. The molecule has 0 aliphatic heterocycles. The van der Waals surface area contributed by atoms with E-state index in [0.717, 1.165) is 6.42 Å².